The molecule has 5 aliphatic carbocycles. The fourth-order valence-corrected chi connectivity index (χ4v) is 8.67. The Kier molecular flexibility index (Phi) is 7.40. The molecule has 0 unspecified atom stereocenters. The maximum atomic E-state index is 14.5. The topological polar surface area (TPSA) is 112 Å². The van der Waals surface area contributed by atoms with Crippen molar-refractivity contribution in [3.8, 4) is 11.1 Å². The van der Waals surface area contributed by atoms with Gasteiger partial charge in [0.05, 0.1) is 11.7 Å². The SMILES string of the molecule is CC(C)(O)c1ccc(-c2cccc(N(CC34CCC(c5noc(C(C)(C)F)n5)(CC3)CC4)C(=O)N[C@H]3CC4(C[C@@H](O)C4)C3)c2)cc1. The van der Waals surface area contributed by atoms with E-state index in [1.807, 2.05) is 41.3 Å². The normalized spacial score (nSPS) is 30.5. The number of aliphatic hydroxyl groups is 2. The number of anilines is 1. The molecule has 5 fully saturated rings. The van der Waals surface area contributed by atoms with E-state index in [1.54, 1.807) is 13.8 Å². The van der Waals surface area contributed by atoms with Gasteiger partial charge in [0.2, 0.25) is 0 Å². The molecule has 0 atom stereocenters. The van der Waals surface area contributed by atoms with E-state index in [-0.39, 0.29) is 40.3 Å². The summed E-state index contributed by atoms with van der Waals surface area (Å²) >= 11 is 0. The average molecular weight is 631 g/mol. The molecule has 1 spiro atoms. The molecular weight excluding hydrogens is 583 g/mol. The average Bonchev–Trinajstić information content (AvgIpc) is 3.51. The molecule has 3 N–H and O–H groups in total. The molecule has 0 radical (unpaired) electrons. The van der Waals surface area contributed by atoms with E-state index < -0.39 is 11.3 Å². The van der Waals surface area contributed by atoms with Gasteiger partial charge in [-0.25, -0.2) is 9.18 Å². The summed E-state index contributed by atoms with van der Waals surface area (Å²) in [6.07, 6.45) is 8.78. The van der Waals surface area contributed by atoms with E-state index in [1.165, 1.54) is 13.8 Å². The smallest absolute Gasteiger partial charge is 0.322 e. The minimum absolute atomic E-state index is 0.0333. The molecule has 2 aromatic carbocycles. The lowest BCUT2D eigenvalue weighted by molar-refractivity contribution is -0.0945. The zero-order valence-corrected chi connectivity index (χ0v) is 27.5. The van der Waals surface area contributed by atoms with Crippen molar-refractivity contribution < 1.29 is 23.9 Å². The lowest BCUT2D eigenvalue weighted by Gasteiger charge is -2.56. The van der Waals surface area contributed by atoms with E-state index >= 15 is 0 Å². The largest absolute Gasteiger partial charge is 0.393 e. The highest BCUT2D eigenvalue weighted by atomic mass is 19.1. The van der Waals surface area contributed by atoms with Crippen LogP contribution in [0.25, 0.3) is 11.1 Å². The Labute approximate surface area is 270 Å². The molecular formula is C37H47FN4O4. The van der Waals surface area contributed by atoms with Crippen LogP contribution in [0.2, 0.25) is 0 Å². The summed E-state index contributed by atoms with van der Waals surface area (Å²) in [4.78, 5) is 20.6. The van der Waals surface area contributed by atoms with Crippen LogP contribution in [0.1, 0.15) is 109 Å². The van der Waals surface area contributed by atoms with Crippen LogP contribution in [0, 0.1) is 10.8 Å². The van der Waals surface area contributed by atoms with Crippen molar-refractivity contribution in [3.05, 3.63) is 65.8 Å². The third kappa shape index (κ3) is 5.74. The van der Waals surface area contributed by atoms with Gasteiger partial charge < -0.3 is 20.1 Å². The van der Waals surface area contributed by atoms with Crippen LogP contribution >= 0.6 is 0 Å². The van der Waals surface area contributed by atoms with Crippen LogP contribution in [0.15, 0.2) is 53.1 Å². The molecule has 2 amide bonds. The first-order chi connectivity index (χ1) is 21.7. The number of rotatable bonds is 8. The number of nitrogens with zero attached hydrogens (tertiary/aromatic N) is 3. The van der Waals surface area contributed by atoms with Crippen LogP contribution in [0.5, 0.6) is 0 Å². The lowest BCUT2D eigenvalue weighted by Crippen LogP contribution is -2.60. The molecule has 2 bridgehead atoms. The Morgan fingerprint density at radius 1 is 0.978 bits per heavy atom. The quantitative estimate of drug-likeness (QED) is 0.241. The predicted octanol–water partition coefficient (Wildman–Crippen LogP) is 7.28. The molecule has 1 aromatic heterocycles. The zero-order valence-electron chi connectivity index (χ0n) is 27.5. The first-order valence-electron chi connectivity index (χ1n) is 16.9. The van der Waals surface area contributed by atoms with Crippen molar-refractivity contribution in [3.63, 3.8) is 0 Å². The summed E-state index contributed by atoms with van der Waals surface area (Å²) in [6, 6.07) is 16.2. The second-order valence-corrected chi connectivity index (χ2v) is 16.1. The summed E-state index contributed by atoms with van der Waals surface area (Å²) in [7, 11) is 0. The Bertz CT molecular complexity index is 1570. The maximum Gasteiger partial charge on any atom is 0.322 e. The third-order valence-electron chi connectivity index (χ3n) is 11.7. The number of amides is 2. The molecule has 5 aliphatic rings. The van der Waals surface area contributed by atoms with E-state index in [9.17, 15) is 19.4 Å². The Morgan fingerprint density at radius 2 is 1.63 bits per heavy atom. The summed E-state index contributed by atoms with van der Waals surface area (Å²) in [5.74, 6) is 0.658. The number of nitrogens with one attached hydrogen (secondary N) is 1. The number of aromatic nitrogens is 2. The van der Waals surface area contributed by atoms with Gasteiger partial charge in [-0.1, -0.05) is 41.6 Å². The Hall–Kier alpha value is -3.30. The van der Waals surface area contributed by atoms with Gasteiger partial charge in [0.1, 0.15) is 0 Å². The van der Waals surface area contributed by atoms with Crippen LogP contribution in [0.3, 0.4) is 0 Å². The van der Waals surface area contributed by atoms with Gasteiger partial charge in [0, 0.05) is 23.7 Å². The molecule has 5 saturated carbocycles. The number of hydrogen-bond acceptors (Lipinski definition) is 6. The molecule has 1 heterocycles. The molecule has 9 heteroatoms. The summed E-state index contributed by atoms with van der Waals surface area (Å²) in [5, 5.41) is 27.9. The van der Waals surface area contributed by atoms with Crippen molar-refractivity contribution in [2.24, 2.45) is 10.8 Å². The minimum Gasteiger partial charge on any atom is -0.393 e. The zero-order chi connectivity index (χ0) is 32.5. The Balaban J connectivity index is 1.12. The van der Waals surface area contributed by atoms with Crippen LogP contribution in [-0.4, -0.2) is 45.1 Å². The number of urea groups is 1. The van der Waals surface area contributed by atoms with Crippen molar-refractivity contribution in [2.45, 2.75) is 121 Å². The van der Waals surface area contributed by atoms with E-state index in [0.29, 0.717) is 12.4 Å². The first-order valence-corrected chi connectivity index (χ1v) is 16.9. The number of alkyl halides is 1. The van der Waals surface area contributed by atoms with Gasteiger partial charge >= 0.3 is 6.03 Å². The van der Waals surface area contributed by atoms with Gasteiger partial charge in [-0.05, 0) is 132 Å². The van der Waals surface area contributed by atoms with Gasteiger partial charge in [-0.15, -0.1) is 0 Å². The van der Waals surface area contributed by atoms with Crippen molar-refractivity contribution in [1.82, 2.24) is 15.5 Å². The second kappa shape index (κ2) is 10.9. The standard InChI is InChI=1S/C37H47FN4O4/c1-33(2,38)31-40-30(41-46-31)37-15-12-35(13-16-37,14-17-37)23-42(32(44)39-27-19-36(20-27)21-29(43)22-36)28-7-5-6-25(18-28)24-8-10-26(11-9-24)34(3,4)45/h5-11,18,27,29,43,45H,12-17,19-23H2,1-4H3,(H,39,44)/t27-,29-,35?,36?,37?. The highest BCUT2D eigenvalue weighted by Gasteiger charge is 2.54. The van der Waals surface area contributed by atoms with Gasteiger partial charge in [-0.2, -0.15) is 4.98 Å². The van der Waals surface area contributed by atoms with Crippen molar-refractivity contribution >= 4 is 11.7 Å². The van der Waals surface area contributed by atoms with Crippen LogP contribution in [0.4, 0.5) is 14.9 Å². The molecule has 8 rings (SSSR count). The molecule has 3 aromatic rings. The highest BCUT2D eigenvalue weighted by molar-refractivity contribution is 5.93. The van der Waals surface area contributed by atoms with E-state index in [2.05, 4.69) is 27.6 Å². The second-order valence-electron chi connectivity index (χ2n) is 16.1. The number of carbonyl (C=O) groups is 1. The van der Waals surface area contributed by atoms with E-state index in [0.717, 1.165) is 86.6 Å². The third-order valence-corrected chi connectivity index (χ3v) is 11.7. The van der Waals surface area contributed by atoms with Crippen molar-refractivity contribution in [1.29, 1.82) is 0 Å². The predicted molar refractivity (Wildman–Crippen MR) is 174 cm³/mol. The molecule has 0 aliphatic heterocycles. The Morgan fingerprint density at radius 3 is 2.20 bits per heavy atom. The number of hydrogen-bond donors (Lipinski definition) is 3. The fourth-order valence-electron chi connectivity index (χ4n) is 8.67. The summed E-state index contributed by atoms with van der Waals surface area (Å²) in [6.45, 7) is 7.04. The monoisotopic (exact) mass is 630 g/mol. The number of carbonyl (C=O) groups excluding carboxylic acids is 1. The molecule has 246 valence electrons. The molecule has 46 heavy (non-hydrogen) atoms. The van der Waals surface area contributed by atoms with Gasteiger partial charge in [0.15, 0.2) is 11.5 Å². The van der Waals surface area contributed by atoms with Crippen molar-refractivity contribution in [2.75, 3.05) is 11.4 Å². The van der Waals surface area contributed by atoms with Crippen LogP contribution in [-0.2, 0) is 16.7 Å². The maximum absolute atomic E-state index is 14.5. The van der Waals surface area contributed by atoms with Gasteiger partial charge in [0.25, 0.3) is 5.89 Å². The van der Waals surface area contributed by atoms with Crippen LogP contribution < -0.4 is 10.2 Å². The summed E-state index contributed by atoms with van der Waals surface area (Å²) in [5.41, 5.74) is 1.12. The molecule has 0 saturated heterocycles. The highest BCUT2D eigenvalue weighted by Crippen LogP contribution is 2.58. The number of benzene rings is 2. The summed E-state index contributed by atoms with van der Waals surface area (Å²) < 4.78 is 19.9. The number of aliphatic hydroxyl groups excluding tert-OH is 1. The lowest BCUT2D eigenvalue weighted by atomic mass is 9.53. The number of fused-ring (bicyclic) bond motifs is 3. The first kappa shape index (κ1) is 31.3. The fraction of sp³-hybridized carbons (Fsp3) is 0.595. The molecule has 8 nitrogen and oxygen atoms in total. The number of halogens is 1. The minimum atomic E-state index is -1.67. The van der Waals surface area contributed by atoms with Gasteiger partial charge in [-0.3, -0.25) is 4.90 Å². The van der Waals surface area contributed by atoms with E-state index in [4.69, 9.17) is 4.52 Å².